The molecule has 1 aliphatic heterocycles. The average molecular weight is 190 g/mol. The number of hydrogen-bond donors (Lipinski definition) is 1. The standard InChI is InChI=1S/C7H14N2O2S/c1-2-4-7-5-3-6-9(7)12(8,10)11/h2,7H,1,3-6H2,(H2,8,10,11)/t7-/m1/s1. The molecule has 0 aromatic heterocycles. The van der Waals surface area contributed by atoms with Crippen LogP contribution in [0, 0.1) is 0 Å². The van der Waals surface area contributed by atoms with Crippen molar-refractivity contribution in [3.05, 3.63) is 12.7 Å². The summed E-state index contributed by atoms with van der Waals surface area (Å²) in [4.78, 5) is 0. The van der Waals surface area contributed by atoms with E-state index < -0.39 is 10.2 Å². The molecule has 70 valence electrons. The van der Waals surface area contributed by atoms with E-state index in [9.17, 15) is 8.42 Å². The van der Waals surface area contributed by atoms with Gasteiger partial charge in [-0.2, -0.15) is 12.7 Å². The molecule has 0 bridgehead atoms. The summed E-state index contributed by atoms with van der Waals surface area (Å²) >= 11 is 0. The summed E-state index contributed by atoms with van der Waals surface area (Å²) in [5.74, 6) is 0. The van der Waals surface area contributed by atoms with E-state index in [0.717, 1.165) is 12.8 Å². The first-order valence-electron chi connectivity index (χ1n) is 3.96. The van der Waals surface area contributed by atoms with E-state index in [1.807, 2.05) is 0 Å². The Morgan fingerprint density at radius 1 is 1.67 bits per heavy atom. The van der Waals surface area contributed by atoms with Crippen LogP contribution in [0.4, 0.5) is 0 Å². The number of nitrogens with two attached hydrogens (primary N) is 1. The summed E-state index contributed by atoms with van der Waals surface area (Å²) in [7, 11) is -3.49. The maximum Gasteiger partial charge on any atom is 0.277 e. The molecule has 0 radical (unpaired) electrons. The fraction of sp³-hybridized carbons (Fsp3) is 0.714. The zero-order chi connectivity index (χ0) is 9.19. The lowest BCUT2D eigenvalue weighted by molar-refractivity contribution is 0.390. The lowest BCUT2D eigenvalue weighted by atomic mass is 10.2. The van der Waals surface area contributed by atoms with E-state index in [-0.39, 0.29) is 6.04 Å². The lowest BCUT2D eigenvalue weighted by Gasteiger charge is -2.19. The Balaban J connectivity index is 2.70. The van der Waals surface area contributed by atoms with Crippen LogP contribution in [0.2, 0.25) is 0 Å². The molecule has 0 spiro atoms. The van der Waals surface area contributed by atoms with E-state index in [1.165, 1.54) is 4.31 Å². The number of nitrogens with zero attached hydrogens (tertiary/aromatic N) is 1. The van der Waals surface area contributed by atoms with Crippen molar-refractivity contribution in [3.8, 4) is 0 Å². The topological polar surface area (TPSA) is 63.4 Å². The van der Waals surface area contributed by atoms with Gasteiger partial charge < -0.3 is 0 Å². The van der Waals surface area contributed by atoms with Gasteiger partial charge in [-0.15, -0.1) is 6.58 Å². The van der Waals surface area contributed by atoms with E-state index in [2.05, 4.69) is 6.58 Å². The molecular formula is C7H14N2O2S. The Bertz CT molecular complexity index is 261. The number of rotatable bonds is 3. The van der Waals surface area contributed by atoms with Gasteiger partial charge in [-0.25, -0.2) is 5.14 Å². The van der Waals surface area contributed by atoms with Gasteiger partial charge in [-0.1, -0.05) is 6.08 Å². The van der Waals surface area contributed by atoms with Crippen molar-refractivity contribution >= 4 is 10.2 Å². The fourth-order valence-electron chi connectivity index (χ4n) is 1.57. The Labute approximate surface area is 73.2 Å². The van der Waals surface area contributed by atoms with E-state index in [1.54, 1.807) is 6.08 Å². The monoisotopic (exact) mass is 190 g/mol. The molecule has 0 amide bonds. The van der Waals surface area contributed by atoms with Gasteiger partial charge >= 0.3 is 0 Å². The smallest absolute Gasteiger partial charge is 0.216 e. The van der Waals surface area contributed by atoms with Crippen LogP contribution in [0.1, 0.15) is 19.3 Å². The highest BCUT2D eigenvalue weighted by molar-refractivity contribution is 7.86. The molecular weight excluding hydrogens is 176 g/mol. The van der Waals surface area contributed by atoms with Crippen LogP contribution < -0.4 is 5.14 Å². The Morgan fingerprint density at radius 3 is 2.83 bits per heavy atom. The average Bonchev–Trinajstić information content (AvgIpc) is 2.34. The predicted octanol–water partition coefficient (Wildman–Crippen LogP) is 0.230. The Morgan fingerprint density at radius 2 is 2.33 bits per heavy atom. The van der Waals surface area contributed by atoms with Gasteiger partial charge in [0, 0.05) is 12.6 Å². The van der Waals surface area contributed by atoms with Crippen molar-refractivity contribution in [2.45, 2.75) is 25.3 Å². The molecule has 0 aliphatic carbocycles. The van der Waals surface area contributed by atoms with Crippen LogP contribution >= 0.6 is 0 Å². The fourth-order valence-corrected chi connectivity index (χ4v) is 2.56. The van der Waals surface area contributed by atoms with Crippen molar-refractivity contribution in [3.63, 3.8) is 0 Å². The molecule has 1 rings (SSSR count). The third kappa shape index (κ3) is 2.06. The molecule has 5 heteroatoms. The molecule has 1 fully saturated rings. The molecule has 0 saturated carbocycles. The van der Waals surface area contributed by atoms with Gasteiger partial charge in [0.1, 0.15) is 0 Å². The highest BCUT2D eigenvalue weighted by Gasteiger charge is 2.30. The zero-order valence-corrected chi connectivity index (χ0v) is 7.76. The number of hydrogen-bond acceptors (Lipinski definition) is 2. The second-order valence-corrected chi connectivity index (χ2v) is 4.48. The van der Waals surface area contributed by atoms with E-state index in [4.69, 9.17) is 5.14 Å². The predicted molar refractivity (Wildman–Crippen MR) is 47.6 cm³/mol. The minimum Gasteiger partial charge on any atom is -0.216 e. The lowest BCUT2D eigenvalue weighted by Crippen LogP contribution is -2.39. The normalized spacial score (nSPS) is 25.9. The first kappa shape index (κ1) is 9.70. The molecule has 1 aliphatic rings. The third-order valence-electron chi connectivity index (χ3n) is 2.09. The summed E-state index contributed by atoms with van der Waals surface area (Å²) in [5.41, 5.74) is 0. The summed E-state index contributed by atoms with van der Waals surface area (Å²) in [6, 6.07) is 0.0394. The van der Waals surface area contributed by atoms with Crippen LogP contribution in [0.3, 0.4) is 0 Å². The first-order chi connectivity index (χ1) is 5.55. The van der Waals surface area contributed by atoms with Gasteiger partial charge in [0.15, 0.2) is 0 Å². The maximum absolute atomic E-state index is 11.0. The molecule has 12 heavy (non-hydrogen) atoms. The molecule has 2 N–H and O–H groups in total. The SMILES string of the molecule is C=CC[C@@H]1CCCN1S(N)(=O)=O. The second-order valence-electron chi connectivity index (χ2n) is 2.98. The van der Waals surface area contributed by atoms with Gasteiger partial charge in [0.2, 0.25) is 0 Å². The Hall–Kier alpha value is -0.390. The van der Waals surface area contributed by atoms with Gasteiger partial charge in [-0.05, 0) is 19.3 Å². The van der Waals surface area contributed by atoms with Crippen LogP contribution in [0.25, 0.3) is 0 Å². The third-order valence-corrected chi connectivity index (χ3v) is 3.22. The maximum atomic E-state index is 11.0. The summed E-state index contributed by atoms with van der Waals surface area (Å²) < 4.78 is 23.3. The van der Waals surface area contributed by atoms with Crippen molar-refractivity contribution < 1.29 is 8.42 Å². The quantitative estimate of drug-likeness (QED) is 0.647. The largest absolute Gasteiger partial charge is 0.277 e. The van der Waals surface area contributed by atoms with E-state index in [0.29, 0.717) is 13.0 Å². The van der Waals surface area contributed by atoms with Crippen molar-refractivity contribution in [2.24, 2.45) is 5.14 Å². The minimum atomic E-state index is -3.49. The van der Waals surface area contributed by atoms with E-state index >= 15 is 0 Å². The van der Waals surface area contributed by atoms with Gasteiger partial charge in [0.05, 0.1) is 0 Å². The van der Waals surface area contributed by atoms with Gasteiger partial charge in [-0.3, -0.25) is 0 Å². The van der Waals surface area contributed by atoms with Crippen LogP contribution in [0.15, 0.2) is 12.7 Å². The first-order valence-corrected chi connectivity index (χ1v) is 5.46. The molecule has 0 unspecified atom stereocenters. The van der Waals surface area contributed by atoms with Gasteiger partial charge in [0.25, 0.3) is 10.2 Å². The summed E-state index contributed by atoms with van der Waals surface area (Å²) in [5, 5.41) is 5.03. The summed E-state index contributed by atoms with van der Waals surface area (Å²) in [6.45, 7) is 4.13. The molecule has 0 aromatic carbocycles. The Kier molecular flexibility index (Phi) is 2.87. The molecule has 1 atom stereocenters. The van der Waals surface area contributed by atoms with Crippen LogP contribution in [-0.2, 0) is 10.2 Å². The second kappa shape index (κ2) is 3.55. The minimum absolute atomic E-state index is 0.0394. The van der Waals surface area contributed by atoms with Crippen molar-refractivity contribution in [1.29, 1.82) is 0 Å². The van der Waals surface area contributed by atoms with Crippen LogP contribution in [-0.4, -0.2) is 25.3 Å². The van der Waals surface area contributed by atoms with Crippen molar-refractivity contribution in [1.82, 2.24) is 4.31 Å². The highest BCUT2D eigenvalue weighted by atomic mass is 32.2. The highest BCUT2D eigenvalue weighted by Crippen LogP contribution is 2.21. The molecule has 1 heterocycles. The summed E-state index contributed by atoms with van der Waals surface area (Å²) in [6.07, 6.45) is 4.21. The molecule has 0 aromatic rings. The zero-order valence-electron chi connectivity index (χ0n) is 6.94. The van der Waals surface area contributed by atoms with Crippen molar-refractivity contribution in [2.75, 3.05) is 6.54 Å². The molecule has 4 nitrogen and oxygen atoms in total. The molecule has 1 saturated heterocycles. The van der Waals surface area contributed by atoms with Crippen LogP contribution in [0.5, 0.6) is 0 Å².